The van der Waals surface area contributed by atoms with Crippen molar-refractivity contribution in [3.63, 3.8) is 0 Å². The molecular formula is C21H33N3O3S. The second kappa shape index (κ2) is 11.3. The van der Waals surface area contributed by atoms with E-state index in [-0.39, 0.29) is 23.1 Å². The summed E-state index contributed by atoms with van der Waals surface area (Å²) >= 11 is 1.72. The highest BCUT2D eigenvalue weighted by atomic mass is 32.2. The Labute approximate surface area is 172 Å². The molecule has 0 spiro atoms. The highest BCUT2D eigenvalue weighted by Gasteiger charge is 2.24. The lowest BCUT2D eigenvalue weighted by atomic mass is 10.1. The molecule has 0 unspecified atom stereocenters. The fourth-order valence-electron chi connectivity index (χ4n) is 3.33. The number of hydrogen-bond donors (Lipinski definition) is 1. The van der Waals surface area contributed by atoms with Crippen LogP contribution in [0.5, 0.6) is 0 Å². The van der Waals surface area contributed by atoms with Crippen molar-refractivity contribution in [1.29, 1.82) is 0 Å². The van der Waals surface area contributed by atoms with Crippen molar-refractivity contribution in [2.75, 3.05) is 31.6 Å². The van der Waals surface area contributed by atoms with Gasteiger partial charge in [0.15, 0.2) is 0 Å². The molecule has 1 aromatic heterocycles. The van der Waals surface area contributed by atoms with Crippen LogP contribution in [0, 0.1) is 0 Å². The second-order valence-electron chi connectivity index (χ2n) is 7.43. The lowest BCUT2D eigenvalue weighted by Gasteiger charge is -2.22. The number of hydrogen-bond acceptors (Lipinski definition) is 4. The van der Waals surface area contributed by atoms with Gasteiger partial charge in [0.1, 0.15) is 11.1 Å². The van der Waals surface area contributed by atoms with Crippen molar-refractivity contribution in [2.45, 2.75) is 58.4 Å². The molecule has 1 saturated heterocycles. The van der Waals surface area contributed by atoms with Gasteiger partial charge in [-0.25, -0.2) is 0 Å². The monoisotopic (exact) mass is 407 g/mol. The molecular weight excluding hydrogens is 374 g/mol. The quantitative estimate of drug-likeness (QED) is 0.671. The first-order valence-corrected chi connectivity index (χ1v) is 11.7. The van der Waals surface area contributed by atoms with Crippen molar-refractivity contribution in [3.05, 3.63) is 33.7 Å². The summed E-state index contributed by atoms with van der Waals surface area (Å²) in [6.07, 6.45) is 11.1. The van der Waals surface area contributed by atoms with Crippen LogP contribution in [-0.4, -0.2) is 52.9 Å². The first kappa shape index (κ1) is 22.5. The average molecular weight is 408 g/mol. The number of amides is 2. The SMILES string of the molecule is CC[C@H](C)n1cc(C(=O)NCCCSC)c(=O)c(C(=O)N2CCCCCC2)c1. The zero-order valence-corrected chi connectivity index (χ0v) is 18.1. The van der Waals surface area contributed by atoms with Gasteiger partial charge in [-0.1, -0.05) is 19.8 Å². The standard InChI is InChI=1S/C21H33N3O3S/c1-4-16(2)24-14-17(20(26)22-10-9-13-28-3)19(25)18(15-24)21(27)23-11-7-5-6-8-12-23/h14-16H,4-13H2,1-3H3,(H,22,26)/t16-/m0/s1. The summed E-state index contributed by atoms with van der Waals surface area (Å²) in [5, 5.41) is 2.82. The molecule has 2 rings (SSSR count). The first-order valence-electron chi connectivity index (χ1n) is 10.3. The fourth-order valence-corrected chi connectivity index (χ4v) is 3.77. The molecule has 1 aromatic rings. The molecule has 0 aliphatic carbocycles. The Kier molecular flexibility index (Phi) is 9.09. The third kappa shape index (κ3) is 5.87. The van der Waals surface area contributed by atoms with Crippen LogP contribution < -0.4 is 10.7 Å². The zero-order valence-electron chi connectivity index (χ0n) is 17.3. The van der Waals surface area contributed by atoms with Crippen LogP contribution in [0.25, 0.3) is 0 Å². The maximum Gasteiger partial charge on any atom is 0.259 e. The minimum absolute atomic E-state index is 0.0603. The molecule has 0 aromatic carbocycles. The summed E-state index contributed by atoms with van der Waals surface area (Å²) in [6.45, 7) is 5.93. The number of carbonyl (C=O) groups excluding carboxylic acids is 2. The van der Waals surface area contributed by atoms with Gasteiger partial charge in [-0.3, -0.25) is 14.4 Å². The Morgan fingerprint density at radius 1 is 1.14 bits per heavy atom. The molecule has 7 heteroatoms. The molecule has 1 N–H and O–H groups in total. The van der Waals surface area contributed by atoms with Crippen LogP contribution in [0.3, 0.4) is 0 Å². The lowest BCUT2D eigenvalue weighted by molar-refractivity contribution is 0.0759. The maximum absolute atomic E-state index is 13.1. The summed E-state index contributed by atoms with van der Waals surface area (Å²) < 4.78 is 1.84. The molecule has 6 nitrogen and oxygen atoms in total. The summed E-state index contributed by atoms with van der Waals surface area (Å²) in [5.41, 5.74) is -0.291. The van der Waals surface area contributed by atoms with E-state index < -0.39 is 11.3 Å². The van der Waals surface area contributed by atoms with Gasteiger partial charge in [-0.2, -0.15) is 11.8 Å². The molecule has 2 amide bonds. The van der Waals surface area contributed by atoms with E-state index in [0.717, 1.165) is 44.3 Å². The van der Waals surface area contributed by atoms with Gasteiger partial charge in [-0.05, 0) is 44.6 Å². The van der Waals surface area contributed by atoms with Crippen molar-refractivity contribution >= 4 is 23.6 Å². The molecule has 1 aliphatic rings. The molecule has 0 saturated carbocycles. The van der Waals surface area contributed by atoms with Crippen LogP contribution in [0.4, 0.5) is 0 Å². The molecule has 1 fully saturated rings. The van der Waals surface area contributed by atoms with Gasteiger partial charge in [-0.15, -0.1) is 0 Å². The Morgan fingerprint density at radius 3 is 2.39 bits per heavy atom. The van der Waals surface area contributed by atoms with Crippen LogP contribution in [-0.2, 0) is 0 Å². The number of nitrogens with zero attached hydrogens (tertiary/aromatic N) is 2. The number of aromatic nitrogens is 1. The average Bonchev–Trinajstić information content (AvgIpc) is 2.99. The Balaban J connectivity index is 2.34. The number of pyridine rings is 1. The van der Waals surface area contributed by atoms with E-state index in [9.17, 15) is 14.4 Å². The van der Waals surface area contributed by atoms with Crippen molar-refractivity contribution < 1.29 is 9.59 Å². The van der Waals surface area contributed by atoms with Crippen LogP contribution in [0.15, 0.2) is 17.2 Å². The van der Waals surface area contributed by atoms with Gasteiger partial charge in [0.05, 0.1) is 0 Å². The molecule has 1 atom stereocenters. The number of thioether (sulfide) groups is 1. The van der Waals surface area contributed by atoms with E-state index in [4.69, 9.17) is 0 Å². The third-order valence-corrected chi connectivity index (χ3v) is 6.02. The van der Waals surface area contributed by atoms with E-state index in [2.05, 4.69) is 5.32 Å². The number of carbonyl (C=O) groups is 2. The molecule has 28 heavy (non-hydrogen) atoms. The zero-order chi connectivity index (χ0) is 20.5. The van der Waals surface area contributed by atoms with E-state index in [1.807, 2.05) is 24.7 Å². The molecule has 0 radical (unpaired) electrons. The van der Waals surface area contributed by atoms with Crippen LogP contribution >= 0.6 is 11.8 Å². The Hall–Kier alpha value is -1.76. The van der Waals surface area contributed by atoms with E-state index in [0.29, 0.717) is 19.6 Å². The summed E-state index contributed by atoms with van der Waals surface area (Å²) in [7, 11) is 0. The summed E-state index contributed by atoms with van der Waals surface area (Å²) in [4.78, 5) is 40.5. The van der Waals surface area contributed by atoms with Gasteiger partial charge in [0.2, 0.25) is 5.43 Å². The smallest absolute Gasteiger partial charge is 0.259 e. The fraction of sp³-hybridized carbons (Fsp3) is 0.667. The topological polar surface area (TPSA) is 71.4 Å². The number of nitrogens with one attached hydrogen (secondary N) is 1. The van der Waals surface area contributed by atoms with Crippen LogP contribution in [0.1, 0.15) is 79.1 Å². The summed E-state index contributed by atoms with van der Waals surface area (Å²) in [5.74, 6) is 0.305. The van der Waals surface area contributed by atoms with E-state index in [1.165, 1.54) is 0 Å². The minimum Gasteiger partial charge on any atom is -0.352 e. The maximum atomic E-state index is 13.1. The van der Waals surface area contributed by atoms with E-state index in [1.54, 1.807) is 29.1 Å². The molecule has 2 heterocycles. The van der Waals surface area contributed by atoms with Crippen molar-refractivity contribution in [2.24, 2.45) is 0 Å². The predicted octanol–water partition coefficient (Wildman–Crippen LogP) is 3.32. The first-order chi connectivity index (χ1) is 13.5. The number of likely N-dealkylation sites (tertiary alicyclic amines) is 1. The van der Waals surface area contributed by atoms with Gasteiger partial charge in [0, 0.05) is 38.1 Å². The van der Waals surface area contributed by atoms with Gasteiger partial charge >= 0.3 is 0 Å². The van der Waals surface area contributed by atoms with Crippen molar-refractivity contribution in [3.8, 4) is 0 Å². The van der Waals surface area contributed by atoms with Gasteiger partial charge in [0.25, 0.3) is 11.8 Å². The third-order valence-electron chi connectivity index (χ3n) is 5.32. The lowest BCUT2D eigenvalue weighted by Crippen LogP contribution is -2.38. The normalized spacial score (nSPS) is 15.8. The second-order valence-corrected chi connectivity index (χ2v) is 8.41. The van der Waals surface area contributed by atoms with Gasteiger partial charge < -0.3 is 14.8 Å². The van der Waals surface area contributed by atoms with Crippen LogP contribution in [0.2, 0.25) is 0 Å². The molecule has 0 bridgehead atoms. The summed E-state index contributed by atoms with van der Waals surface area (Å²) in [6, 6.07) is 0.0966. The molecule has 1 aliphatic heterocycles. The minimum atomic E-state index is -0.462. The highest BCUT2D eigenvalue weighted by Crippen LogP contribution is 2.15. The molecule has 156 valence electrons. The van der Waals surface area contributed by atoms with E-state index >= 15 is 0 Å². The number of rotatable bonds is 8. The van der Waals surface area contributed by atoms with Crippen molar-refractivity contribution in [1.82, 2.24) is 14.8 Å². The Bertz CT molecular complexity index is 724. The predicted molar refractivity (Wildman–Crippen MR) is 115 cm³/mol. The highest BCUT2D eigenvalue weighted by molar-refractivity contribution is 7.98. The Morgan fingerprint density at radius 2 is 1.79 bits per heavy atom. The largest absolute Gasteiger partial charge is 0.352 e.